The minimum Gasteiger partial charge on any atom is -0.444 e. The smallest absolute Gasteiger partial charge is 0.444 e. The van der Waals surface area contributed by atoms with Crippen LogP contribution in [0.5, 0.6) is 0 Å². The minimum atomic E-state index is -4.64. The van der Waals surface area contributed by atoms with Crippen molar-refractivity contribution in [3.05, 3.63) is 42.1 Å². The van der Waals surface area contributed by atoms with E-state index in [4.69, 9.17) is 4.74 Å². The van der Waals surface area contributed by atoms with Gasteiger partial charge in [-0.1, -0.05) is 13.8 Å². The molecule has 0 saturated carbocycles. The fraction of sp³-hybridized carbons (Fsp3) is 0.542. The van der Waals surface area contributed by atoms with Crippen molar-refractivity contribution in [2.24, 2.45) is 0 Å². The standard InChI is InChI=1S/C22H26F3N5O4.C2H6/c1-12-17(31)8-16(30(12)20(33)34-21(2,3)4)18(32)27-9-13-5-6-26-15(7-13)14-10-28-19(29-11-14)22(23,24)25;1-2/h5-7,10-12,16-17,31H,8-9H2,1-4H3,(H,27,32);1-2H3. The number of nitrogens with one attached hydrogen (secondary N) is 1. The maximum absolute atomic E-state index is 12.9. The summed E-state index contributed by atoms with van der Waals surface area (Å²) in [6.45, 7) is 10.8. The number of rotatable bonds is 4. The molecule has 1 saturated heterocycles. The second kappa shape index (κ2) is 11.6. The van der Waals surface area contributed by atoms with Crippen LogP contribution >= 0.6 is 0 Å². The predicted octanol–water partition coefficient (Wildman–Crippen LogP) is 3.96. The monoisotopic (exact) mass is 511 g/mol. The van der Waals surface area contributed by atoms with Crippen LogP contribution in [0.3, 0.4) is 0 Å². The van der Waals surface area contributed by atoms with Crippen molar-refractivity contribution < 1.29 is 32.6 Å². The molecule has 2 N–H and O–H groups in total. The fourth-order valence-electron chi connectivity index (χ4n) is 3.51. The molecule has 3 atom stereocenters. The van der Waals surface area contributed by atoms with Crippen molar-refractivity contribution in [3.63, 3.8) is 0 Å². The van der Waals surface area contributed by atoms with Gasteiger partial charge in [0.25, 0.3) is 0 Å². The SMILES string of the molecule is CC.CC1C(O)CC(C(=O)NCc2ccnc(-c3cnc(C(F)(F)F)nc3)c2)N1C(=O)OC(C)(C)C. The zero-order valence-electron chi connectivity index (χ0n) is 21.1. The Kier molecular flexibility index (Phi) is 9.36. The number of carbonyl (C=O) groups is 2. The first-order valence-corrected chi connectivity index (χ1v) is 11.6. The van der Waals surface area contributed by atoms with Gasteiger partial charge in [0, 0.05) is 37.1 Å². The molecule has 2 aromatic heterocycles. The molecular formula is C24H32F3N5O4. The van der Waals surface area contributed by atoms with Gasteiger partial charge in [0.15, 0.2) is 0 Å². The van der Waals surface area contributed by atoms with Crippen LogP contribution in [0.1, 0.15) is 59.4 Å². The van der Waals surface area contributed by atoms with E-state index in [9.17, 15) is 27.9 Å². The molecular weight excluding hydrogens is 479 g/mol. The number of carbonyl (C=O) groups excluding carboxylic acids is 2. The molecule has 9 nitrogen and oxygen atoms in total. The summed E-state index contributed by atoms with van der Waals surface area (Å²) in [6, 6.07) is 1.71. The Morgan fingerprint density at radius 2 is 1.78 bits per heavy atom. The van der Waals surface area contributed by atoms with Crippen LogP contribution in [0, 0.1) is 0 Å². The molecule has 3 rings (SSSR count). The van der Waals surface area contributed by atoms with Crippen molar-refractivity contribution in [2.75, 3.05) is 0 Å². The largest absolute Gasteiger partial charge is 0.451 e. The van der Waals surface area contributed by atoms with Gasteiger partial charge in [-0.05, 0) is 45.4 Å². The third-order valence-electron chi connectivity index (χ3n) is 5.20. The number of alkyl halides is 3. The molecule has 2 aromatic rings. The Balaban J connectivity index is 0.00000222. The van der Waals surface area contributed by atoms with Gasteiger partial charge in [-0.25, -0.2) is 14.8 Å². The summed E-state index contributed by atoms with van der Waals surface area (Å²) in [7, 11) is 0. The van der Waals surface area contributed by atoms with E-state index >= 15 is 0 Å². The molecule has 0 radical (unpaired) electrons. The molecule has 3 heterocycles. The summed E-state index contributed by atoms with van der Waals surface area (Å²) in [4.78, 5) is 37.5. The molecule has 1 aliphatic heterocycles. The molecule has 198 valence electrons. The molecule has 0 aliphatic carbocycles. The highest BCUT2D eigenvalue weighted by Gasteiger charge is 2.45. The number of pyridine rings is 1. The highest BCUT2D eigenvalue weighted by molar-refractivity contribution is 5.86. The second-order valence-corrected chi connectivity index (χ2v) is 9.01. The predicted molar refractivity (Wildman–Crippen MR) is 125 cm³/mol. The number of amides is 2. The third kappa shape index (κ3) is 7.36. The summed E-state index contributed by atoms with van der Waals surface area (Å²) in [5.74, 6) is -1.72. The molecule has 12 heteroatoms. The van der Waals surface area contributed by atoms with Crippen LogP contribution in [0.15, 0.2) is 30.7 Å². The Morgan fingerprint density at radius 3 is 2.33 bits per heavy atom. The van der Waals surface area contributed by atoms with Crippen molar-refractivity contribution in [3.8, 4) is 11.3 Å². The molecule has 0 spiro atoms. The molecule has 1 aliphatic rings. The number of hydrogen-bond acceptors (Lipinski definition) is 7. The van der Waals surface area contributed by atoms with E-state index in [-0.39, 0.29) is 18.5 Å². The van der Waals surface area contributed by atoms with Crippen LogP contribution in [-0.4, -0.2) is 60.7 Å². The van der Waals surface area contributed by atoms with Crippen molar-refractivity contribution in [1.82, 2.24) is 25.2 Å². The quantitative estimate of drug-likeness (QED) is 0.638. The van der Waals surface area contributed by atoms with E-state index in [1.165, 1.54) is 11.1 Å². The fourth-order valence-corrected chi connectivity index (χ4v) is 3.51. The van der Waals surface area contributed by atoms with E-state index < -0.39 is 47.8 Å². The summed E-state index contributed by atoms with van der Waals surface area (Å²) in [6.07, 6.45) is -2.64. The first-order chi connectivity index (χ1) is 16.8. The maximum atomic E-state index is 12.9. The third-order valence-corrected chi connectivity index (χ3v) is 5.20. The number of halogens is 3. The number of likely N-dealkylation sites (tertiary alicyclic amines) is 1. The molecule has 2 amide bonds. The lowest BCUT2D eigenvalue weighted by atomic mass is 10.1. The minimum absolute atomic E-state index is 0.0662. The van der Waals surface area contributed by atoms with E-state index in [1.54, 1.807) is 39.8 Å². The van der Waals surface area contributed by atoms with Gasteiger partial charge in [0.2, 0.25) is 11.7 Å². The van der Waals surface area contributed by atoms with Gasteiger partial charge in [-0.2, -0.15) is 13.2 Å². The first kappa shape index (κ1) is 29.0. The molecule has 0 aromatic carbocycles. The summed E-state index contributed by atoms with van der Waals surface area (Å²) in [5, 5.41) is 13.0. The number of aromatic nitrogens is 3. The Morgan fingerprint density at radius 1 is 1.17 bits per heavy atom. The normalized spacial score (nSPS) is 19.8. The van der Waals surface area contributed by atoms with Crippen LogP contribution in [0.2, 0.25) is 0 Å². The Hall–Kier alpha value is -3.28. The van der Waals surface area contributed by atoms with Crippen molar-refractivity contribution in [1.29, 1.82) is 0 Å². The van der Waals surface area contributed by atoms with Gasteiger partial charge in [0.05, 0.1) is 17.8 Å². The van der Waals surface area contributed by atoms with Crippen molar-refractivity contribution >= 4 is 12.0 Å². The average Bonchev–Trinajstić information content (AvgIpc) is 3.12. The maximum Gasteiger partial charge on any atom is 0.451 e. The van der Waals surface area contributed by atoms with E-state index in [0.29, 0.717) is 11.3 Å². The number of nitrogens with zero attached hydrogens (tertiary/aromatic N) is 4. The van der Waals surface area contributed by atoms with E-state index in [1.807, 2.05) is 13.8 Å². The Bertz CT molecular complexity index is 1040. The van der Waals surface area contributed by atoms with Gasteiger partial charge in [-0.3, -0.25) is 14.7 Å². The molecule has 1 fully saturated rings. The van der Waals surface area contributed by atoms with Gasteiger partial charge in [-0.15, -0.1) is 0 Å². The molecule has 3 unspecified atom stereocenters. The highest BCUT2D eigenvalue weighted by atomic mass is 19.4. The van der Waals surface area contributed by atoms with Crippen LogP contribution in [0.4, 0.5) is 18.0 Å². The molecule has 0 bridgehead atoms. The lowest BCUT2D eigenvalue weighted by molar-refractivity contribution is -0.145. The van der Waals surface area contributed by atoms with Crippen molar-refractivity contribution in [2.45, 2.75) is 84.5 Å². The van der Waals surface area contributed by atoms with Gasteiger partial charge in [0.1, 0.15) is 11.6 Å². The van der Waals surface area contributed by atoms with Gasteiger partial charge >= 0.3 is 12.3 Å². The second-order valence-electron chi connectivity index (χ2n) is 9.01. The number of aliphatic hydroxyl groups excluding tert-OH is 1. The van der Waals surface area contributed by atoms with E-state index in [0.717, 1.165) is 12.4 Å². The summed E-state index contributed by atoms with van der Waals surface area (Å²) >= 11 is 0. The number of ether oxygens (including phenoxy) is 1. The van der Waals surface area contributed by atoms with Crippen LogP contribution in [-0.2, 0) is 22.3 Å². The zero-order chi connectivity index (χ0) is 27.3. The van der Waals surface area contributed by atoms with Gasteiger partial charge < -0.3 is 15.2 Å². The van der Waals surface area contributed by atoms with Crippen LogP contribution in [0.25, 0.3) is 11.3 Å². The van der Waals surface area contributed by atoms with Crippen LogP contribution < -0.4 is 5.32 Å². The molecule has 36 heavy (non-hydrogen) atoms. The lowest BCUT2D eigenvalue weighted by Crippen LogP contribution is -2.50. The zero-order valence-corrected chi connectivity index (χ0v) is 21.1. The summed E-state index contributed by atoms with van der Waals surface area (Å²) < 4.78 is 43.4. The lowest BCUT2D eigenvalue weighted by Gasteiger charge is -2.30. The first-order valence-electron chi connectivity index (χ1n) is 11.6. The Labute approximate surface area is 208 Å². The highest BCUT2D eigenvalue weighted by Crippen LogP contribution is 2.28. The number of aliphatic hydroxyl groups is 1. The number of hydrogen-bond donors (Lipinski definition) is 2. The van der Waals surface area contributed by atoms with E-state index in [2.05, 4.69) is 20.3 Å². The average molecular weight is 512 g/mol. The topological polar surface area (TPSA) is 118 Å². The summed E-state index contributed by atoms with van der Waals surface area (Å²) in [5.41, 5.74) is 0.473.